The molecule has 2 aromatic rings. The summed E-state index contributed by atoms with van der Waals surface area (Å²) in [7, 11) is 0. The zero-order valence-corrected chi connectivity index (χ0v) is 30.0. The second-order valence-corrected chi connectivity index (χ2v) is 12.0. The normalized spacial score (nSPS) is 10.8. The second kappa shape index (κ2) is 20.0. The van der Waals surface area contributed by atoms with Crippen LogP contribution in [0.15, 0.2) is 19.6 Å². The lowest BCUT2D eigenvalue weighted by Gasteiger charge is -2.27. The lowest BCUT2D eigenvalue weighted by molar-refractivity contribution is 0.243. The van der Waals surface area contributed by atoms with Crippen molar-refractivity contribution in [1.82, 2.24) is 0 Å². The van der Waals surface area contributed by atoms with Gasteiger partial charge in [-0.3, -0.25) is 0 Å². The van der Waals surface area contributed by atoms with Gasteiger partial charge in [0.05, 0.1) is 62.6 Å². The Balaban J connectivity index is 3.19. The third kappa shape index (κ3) is 8.97. The highest BCUT2D eigenvalue weighted by Gasteiger charge is 2.34. The van der Waals surface area contributed by atoms with Crippen LogP contribution in [0.5, 0.6) is 46.0 Å². The fourth-order valence-corrected chi connectivity index (χ4v) is 7.17. The van der Waals surface area contributed by atoms with E-state index in [9.17, 15) is 0 Å². The zero-order valence-electron chi connectivity index (χ0n) is 27.6. The van der Waals surface area contributed by atoms with Crippen LogP contribution in [0.25, 0.3) is 0 Å². The van der Waals surface area contributed by atoms with Gasteiger partial charge in [-0.1, -0.05) is 25.6 Å². The molecule has 0 fully saturated rings. The van der Waals surface area contributed by atoms with Gasteiger partial charge in [-0.15, -0.1) is 23.5 Å². The van der Waals surface area contributed by atoms with Crippen molar-refractivity contribution in [3.63, 3.8) is 0 Å². The van der Waals surface area contributed by atoms with Crippen LogP contribution in [0.2, 0.25) is 0 Å². The molecule has 11 heteroatoms. The van der Waals surface area contributed by atoms with E-state index >= 15 is 0 Å². The molecule has 0 bridgehead atoms. The quantitative estimate of drug-likeness (QED) is 0.114. The monoisotopic (exact) mass is 658 g/mol. The molecule has 0 aromatic heterocycles. The topological polar surface area (TPSA) is 73.8 Å². The molecular formula is C32H50O8S3. The maximum absolute atomic E-state index is 6.37. The van der Waals surface area contributed by atoms with Gasteiger partial charge in [-0.2, -0.15) is 0 Å². The molecule has 0 aliphatic rings. The first-order chi connectivity index (χ1) is 21.0. The zero-order chi connectivity index (χ0) is 31.8. The average Bonchev–Trinajstić information content (AvgIpc) is 2.99. The van der Waals surface area contributed by atoms with Crippen molar-refractivity contribution in [3.8, 4) is 46.0 Å². The highest BCUT2D eigenvalue weighted by molar-refractivity contribution is 8.00. The van der Waals surface area contributed by atoms with Gasteiger partial charge < -0.3 is 37.9 Å². The fourth-order valence-electron chi connectivity index (χ4n) is 4.28. The van der Waals surface area contributed by atoms with Gasteiger partial charge in [0.15, 0.2) is 46.0 Å². The molecule has 0 aliphatic carbocycles. The minimum absolute atomic E-state index is 0.431. The van der Waals surface area contributed by atoms with Gasteiger partial charge in [0, 0.05) is 0 Å². The molecule has 43 heavy (non-hydrogen) atoms. The Labute approximate surface area is 271 Å². The minimum atomic E-state index is 0.431. The fraction of sp³-hybridized carbons (Fsp3) is 0.625. The molecule has 2 rings (SSSR count). The molecule has 244 valence electrons. The predicted octanol–water partition coefficient (Wildman–Crippen LogP) is 9.25. The molecule has 0 heterocycles. The molecule has 0 radical (unpaired) electrons. The van der Waals surface area contributed by atoms with Crippen LogP contribution in [0, 0.1) is 0 Å². The number of hydrogen-bond acceptors (Lipinski definition) is 11. The van der Waals surface area contributed by atoms with Crippen molar-refractivity contribution < 1.29 is 37.9 Å². The first kappa shape index (κ1) is 37.1. The summed E-state index contributed by atoms with van der Waals surface area (Å²) >= 11 is 4.71. The second-order valence-electron chi connectivity index (χ2n) is 8.38. The van der Waals surface area contributed by atoms with Crippen LogP contribution in [0.3, 0.4) is 0 Å². The number of thioether (sulfide) groups is 2. The first-order valence-electron chi connectivity index (χ1n) is 15.4. The molecule has 0 N–H and O–H groups in total. The molecule has 0 saturated heterocycles. The number of ether oxygens (including phenoxy) is 8. The highest BCUT2D eigenvalue weighted by atomic mass is 32.2. The van der Waals surface area contributed by atoms with E-state index in [0.717, 1.165) is 21.3 Å². The smallest absolute Gasteiger partial charge is 0.180 e. The molecule has 8 nitrogen and oxygen atoms in total. The Morgan fingerprint density at radius 2 is 0.488 bits per heavy atom. The average molecular weight is 659 g/mol. The molecule has 0 unspecified atom stereocenters. The van der Waals surface area contributed by atoms with Gasteiger partial charge in [0.1, 0.15) is 9.79 Å². The summed E-state index contributed by atoms with van der Waals surface area (Å²) in [4.78, 5) is 3.13. The summed E-state index contributed by atoms with van der Waals surface area (Å²) in [5.41, 5.74) is 0. The predicted molar refractivity (Wildman–Crippen MR) is 179 cm³/mol. The molecule has 0 atom stereocenters. The van der Waals surface area contributed by atoms with E-state index in [4.69, 9.17) is 37.9 Å². The van der Waals surface area contributed by atoms with Crippen LogP contribution in [-0.4, -0.2) is 64.4 Å². The van der Waals surface area contributed by atoms with E-state index in [1.807, 2.05) is 55.4 Å². The Kier molecular flexibility index (Phi) is 17.3. The molecule has 2 aromatic carbocycles. The van der Waals surface area contributed by atoms with Crippen molar-refractivity contribution in [1.29, 1.82) is 0 Å². The molecular weight excluding hydrogens is 609 g/mol. The molecule has 0 aliphatic heterocycles. The summed E-state index contributed by atoms with van der Waals surface area (Å²) in [5.74, 6) is 6.52. The molecule has 0 amide bonds. The van der Waals surface area contributed by atoms with Crippen LogP contribution >= 0.6 is 35.3 Å². The van der Waals surface area contributed by atoms with Crippen LogP contribution in [-0.2, 0) is 0 Å². The standard InChI is InChI=1S/C32H50O8S3/c1-11-33-21-25(37-15-5)31(26(38-16-6)22(34-12-2)29(21)41-19-9)43-32-27(39-17-7)23(35-13-3)30(42-20-10)24(36-14-4)28(32)40-18-8/h11-20H2,1-10H3. The van der Waals surface area contributed by atoms with E-state index in [1.165, 1.54) is 11.8 Å². The summed E-state index contributed by atoms with van der Waals surface area (Å²) in [6.07, 6.45) is 0. The molecule has 0 saturated carbocycles. The Hall–Kier alpha value is -2.11. The lowest BCUT2D eigenvalue weighted by Crippen LogP contribution is -2.09. The number of hydrogen-bond donors (Lipinski definition) is 0. The third-order valence-electron chi connectivity index (χ3n) is 5.57. The van der Waals surface area contributed by atoms with Gasteiger partial charge >= 0.3 is 0 Å². The van der Waals surface area contributed by atoms with E-state index in [2.05, 4.69) is 13.8 Å². The van der Waals surface area contributed by atoms with Crippen molar-refractivity contribution in [2.45, 2.75) is 88.8 Å². The van der Waals surface area contributed by atoms with Gasteiger partial charge in [-0.25, -0.2) is 0 Å². The van der Waals surface area contributed by atoms with E-state index < -0.39 is 0 Å². The van der Waals surface area contributed by atoms with Gasteiger partial charge in [-0.05, 0) is 66.9 Å². The summed E-state index contributed by atoms with van der Waals surface area (Å²) < 4.78 is 50.7. The van der Waals surface area contributed by atoms with Crippen LogP contribution in [0.1, 0.15) is 69.2 Å². The summed E-state index contributed by atoms with van der Waals surface area (Å²) in [6, 6.07) is 0. The van der Waals surface area contributed by atoms with E-state index in [-0.39, 0.29) is 0 Å². The Bertz CT molecular complexity index is 981. The van der Waals surface area contributed by atoms with E-state index in [1.54, 1.807) is 23.5 Å². The number of rotatable bonds is 22. The van der Waals surface area contributed by atoms with Crippen molar-refractivity contribution >= 4 is 35.3 Å². The Morgan fingerprint density at radius 3 is 0.651 bits per heavy atom. The van der Waals surface area contributed by atoms with Crippen molar-refractivity contribution in [3.05, 3.63) is 0 Å². The van der Waals surface area contributed by atoms with Crippen LogP contribution < -0.4 is 37.9 Å². The van der Waals surface area contributed by atoms with Gasteiger partial charge in [0.2, 0.25) is 0 Å². The summed E-state index contributed by atoms with van der Waals surface area (Å²) in [5, 5.41) is 0. The highest BCUT2D eigenvalue weighted by Crippen LogP contribution is 2.63. The Morgan fingerprint density at radius 1 is 0.302 bits per heavy atom. The largest absolute Gasteiger partial charge is 0.489 e. The van der Waals surface area contributed by atoms with Gasteiger partial charge in [0.25, 0.3) is 0 Å². The number of benzene rings is 2. The molecule has 0 spiro atoms. The maximum atomic E-state index is 6.37. The van der Waals surface area contributed by atoms with Crippen molar-refractivity contribution in [2.24, 2.45) is 0 Å². The first-order valence-corrected chi connectivity index (χ1v) is 18.2. The SMILES string of the molecule is CCOc1c(OCC)c(Sc2c(OCC)c(OCC)c(SCC)c(OCC)c2OCC)c(OCC)c(OCC)c1SCC. The third-order valence-corrected chi connectivity index (χ3v) is 8.61. The maximum Gasteiger partial charge on any atom is 0.180 e. The van der Waals surface area contributed by atoms with Crippen LogP contribution in [0.4, 0.5) is 0 Å². The minimum Gasteiger partial charge on any atom is -0.489 e. The lowest BCUT2D eigenvalue weighted by atomic mass is 10.2. The van der Waals surface area contributed by atoms with Crippen molar-refractivity contribution in [2.75, 3.05) is 64.4 Å². The van der Waals surface area contributed by atoms with E-state index in [0.29, 0.717) is 109 Å². The summed E-state index contributed by atoms with van der Waals surface area (Å²) in [6.45, 7) is 23.5.